The number of halogens is 2. The standard InChI is InChI=1S/C18H27ClN2O3S.ClH/c19-16-6-7-17(24-13-15-3-1-4-15)18(11-16)25(22,23)21-10-8-14-5-2-9-20-12-14;/h6-7,11,14-15,20-21H,1-5,8-10,12-13H2;1H. The lowest BCUT2D eigenvalue weighted by molar-refractivity contribution is 0.177. The van der Waals surface area contributed by atoms with Gasteiger partial charge in [-0.05, 0) is 75.2 Å². The molecule has 0 radical (unpaired) electrons. The Labute approximate surface area is 167 Å². The smallest absolute Gasteiger partial charge is 0.244 e. The molecule has 1 aromatic rings. The zero-order valence-corrected chi connectivity index (χ0v) is 17.3. The minimum Gasteiger partial charge on any atom is -0.492 e. The number of sulfonamides is 1. The molecule has 1 atom stereocenters. The van der Waals surface area contributed by atoms with Gasteiger partial charge in [-0.1, -0.05) is 18.0 Å². The van der Waals surface area contributed by atoms with Crippen molar-refractivity contribution in [2.75, 3.05) is 26.2 Å². The maximum absolute atomic E-state index is 12.7. The third-order valence-corrected chi connectivity index (χ3v) is 6.86. The average molecular weight is 423 g/mol. The SMILES string of the molecule is Cl.O=S(=O)(NCCC1CCCNC1)c1cc(Cl)ccc1OCC1CCC1. The molecule has 1 saturated carbocycles. The van der Waals surface area contributed by atoms with Crippen molar-refractivity contribution in [2.45, 2.75) is 43.4 Å². The quantitative estimate of drug-likeness (QED) is 0.671. The first-order valence-electron chi connectivity index (χ1n) is 9.17. The summed E-state index contributed by atoms with van der Waals surface area (Å²) in [5.74, 6) is 1.46. The van der Waals surface area contributed by atoms with Crippen molar-refractivity contribution < 1.29 is 13.2 Å². The van der Waals surface area contributed by atoms with Gasteiger partial charge in [0.15, 0.2) is 0 Å². The fourth-order valence-electron chi connectivity index (χ4n) is 3.32. The Hall–Kier alpha value is -0.530. The summed E-state index contributed by atoms with van der Waals surface area (Å²) in [6.07, 6.45) is 6.70. The lowest BCUT2D eigenvalue weighted by Crippen LogP contribution is -2.33. The first-order chi connectivity index (χ1) is 12.0. The molecule has 0 spiro atoms. The van der Waals surface area contributed by atoms with E-state index in [1.54, 1.807) is 12.1 Å². The van der Waals surface area contributed by atoms with Gasteiger partial charge in [0, 0.05) is 11.6 Å². The number of benzene rings is 1. The van der Waals surface area contributed by atoms with Crippen molar-refractivity contribution in [3.8, 4) is 5.75 Å². The number of hydrogen-bond acceptors (Lipinski definition) is 4. The van der Waals surface area contributed by atoms with Crippen LogP contribution in [0.15, 0.2) is 23.1 Å². The van der Waals surface area contributed by atoms with Crippen molar-refractivity contribution >= 4 is 34.0 Å². The molecule has 2 N–H and O–H groups in total. The van der Waals surface area contributed by atoms with Crippen LogP contribution in [0, 0.1) is 11.8 Å². The van der Waals surface area contributed by atoms with Gasteiger partial charge in [-0.2, -0.15) is 0 Å². The highest BCUT2D eigenvalue weighted by Crippen LogP contribution is 2.31. The summed E-state index contributed by atoms with van der Waals surface area (Å²) in [7, 11) is -3.63. The molecule has 1 heterocycles. The van der Waals surface area contributed by atoms with E-state index in [0.717, 1.165) is 45.2 Å². The monoisotopic (exact) mass is 422 g/mol. The van der Waals surface area contributed by atoms with Gasteiger partial charge in [0.25, 0.3) is 0 Å². The van der Waals surface area contributed by atoms with Crippen LogP contribution in [0.4, 0.5) is 0 Å². The van der Waals surface area contributed by atoms with Crippen LogP contribution < -0.4 is 14.8 Å². The normalized spacial score (nSPS) is 20.9. The fraction of sp³-hybridized carbons (Fsp3) is 0.667. The maximum atomic E-state index is 12.7. The molecular formula is C18H28Cl2N2O3S. The first-order valence-corrected chi connectivity index (χ1v) is 11.0. The number of hydrogen-bond donors (Lipinski definition) is 2. The number of rotatable bonds is 8. The minimum atomic E-state index is -3.63. The van der Waals surface area contributed by atoms with Crippen molar-refractivity contribution in [3.63, 3.8) is 0 Å². The van der Waals surface area contributed by atoms with Gasteiger partial charge in [-0.15, -0.1) is 12.4 Å². The fourth-order valence-corrected chi connectivity index (χ4v) is 4.78. The largest absolute Gasteiger partial charge is 0.492 e. The number of ether oxygens (including phenoxy) is 1. The zero-order chi connectivity index (χ0) is 17.7. The Kier molecular flexibility index (Phi) is 8.48. The van der Waals surface area contributed by atoms with Crippen molar-refractivity contribution in [2.24, 2.45) is 11.8 Å². The van der Waals surface area contributed by atoms with Crippen LogP contribution in [0.3, 0.4) is 0 Å². The van der Waals surface area contributed by atoms with Crippen LogP contribution in [-0.2, 0) is 10.0 Å². The molecule has 1 unspecified atom stereocenters. The third kappa shape index (κ3) is 5.99. The Morgan fingerprint density at radius 1 is 1.19 bits per heavy atom. The van der Waals surface area contributed by atoms with Crippen LogP contribution in [-0.4, -0.2) is 34.7 Å². The predicted molar refractivity (Wildman–Crippen MR) is 107 cm³/mol. The second kappa shape index (κ2) is 10.1. The van der Waals surface area contributed by atoms with E-state index in [2.05, 4.69) is 10.0 Å². The average Bonchev–Trinajstić information content (AvgIpc) is 2.55. The molecule has 0 aromatic heterocycles. The molecule has 26 heavy (non-hydrogen) atoms. The van der Waals surface area contributed by atoms with Crippen LogP contribution in [0.25, 0.3) is 0 Å². The second-order valence-corrected chi connectivity index (χ2v) is 9.27. The van der Waals surface area contributed by atoms with Gasteiger partial charge in [0.1, 0.15) is 10.6 Å². The second-order valence-electron chi connectivity index (χ2n) is 7.10. The van der Waals surface area contributed by atoms with E-state index >= 15 is 0 Å². The highest BCUT2D eigenvalue weighted by molar-refractivity contribution is 7.89. The topological polar surface area (TPSA) is 67.4 Å². The molecule has 1 aromatic carbocycles. The molecule has 5 nitrogen and oxygen atoms in total. The lowest BCUT2D eigenvalue weighted by atomic mass is 9.86. The first kappa shape index (κ1) is 21.8. The van der Waals surface area contributed by atoms with E-state index in [0.29, 0.717) is 35.8 Å². The van der Waals surface area contributed by atoms with E-state index in [9.17, 15) is 8.42 Å². The van der Waals surface area contributed by atoms with E-state index in [-0.39, 0.29) is 17.3 Å². The van der Waals surface area contributed by atoms with E-state index in [1.165, 1.54) is 12.5 Å². The third-order valence-electron chi connectivity index (χ3n) is 5.14. The van der Waals surface area contributed by atoms with Gasteiger partial charge in [-0.25, -0.2) is 13.1 Å². The Morgan fingerprint density at radius 2 is 1.96 bits per heavy atom. The summed E-state index contributed by atoms with van der Waals surface area (Å²) in [6, 6.07) is 4.80. The highest BCUT2D eigenvalue weighted by atomic mass is 35.5. The summed E-state index contributed by atoms with van der Waals surface area (Å²) < 4.78 is 33.9. The molecule has 1 aliphatic heterocycles. The van der Waals surface area contributed by atoms with Crippen LogP contribution in [0.5, 0.6) is 5.75 Å². The molecule has 8 heteroatoms. The summed E-state index contributed by atoms with van der Waals surface area (Å²) in [5, 5.41) is 3.75. The van der Waals surface area contributed by atoms with Gasteiger partial charge in [0.2, 0.25) is 10.0 Å². The predicted octanol–water partition coefficient (Wildman–Crippen LogP) is 3.61. The molecule has 0 bridgehead atoms. The van der Waals surface area contributed by atoms with E-state index in [4.69, 9.17) is 16.3 Å². The highest BCUT2D eigenvalue weighted by Gasteiger charge is 2.23. The van der Waals surface area contributed by atoms with Gasteiger partial charge in [0.05, 0.1) is 6.61 Å². The molecule has 1 saturated heterocycles. The summed E-state index contributed by atoms with van der Waals surface area (Å²) in [5.41, 5.74) is 0. The van der Waals surface area contributed by atoms with Crippen LogP contribution >= 0.6 is 24.0 Å². The molecule has 2 fully saturated rings. The molecule has 1 aliphatic carbocycles. The Bertz CT molecular complexity index is 675. The maximum Gasteiger partial charge on any atom is 0.244 e. The summed E-state index contributed by atoms with van der Waals surface area (Å²) >= 11 is 6.02. The zero-order valence-electron chi connectivity index (χ0n) is 14.9. The number of nitrogens with one attached hydrogen (secondary N) is 2. The number of piperidine rings is 1. The van der Waals surface area contributed by atoms with Crippen molar-refractivity contribution in [1.29, 1.82) is 0 Å². The van der Waals surface area contributed by atoms with E-state index in [1.807, 2.05) is 0 Å². The molecule has 3 rings (SSSR count). The van der Waals surface area contributed by atoms with E-state index < -0.39 is 10.0 Å². The van der Waals surface area contributed by atoms with Crippen molar-refractivity contribution in [3.05, 3.63) is 23.2 Å². The van der Waals surface area contributed by atoms with Gasteiger partial charge < -0.3 is 10.1 Å². The summed E-state index contributed by atoms with van der Waals surface area (Å²) in [4.78, 5) is 0.140. The van der Waals surface area contributed by atoms with Crippen molar-refractivity contribution in [1.82, 2.24) is 10.0 Å². The molecule has 148 valence electrons. The summed E-state index contributed by atoms with van der Waals surface area (Å²) in [6.45, 7) is 3.03. The Morgan fingerprint density at radius 3 is 2.62 bits per heavy atom. The minimum absolute atomic E-state index is 0. The molecule has 0 amide bonds. The Balaban J connectivity index is 0.00000243. The molecular weight excluding hydrogens is 395 g/mol. The van der Waals surface area contributed by atoms with Gasteiger partial charge in [-0.3, -0.25) is 0 Å². The van der Waals surface area contributed by atoms with Crippen LogP contribution in [0.2, 0.25) is 5.02 Å². The van der Waals surface area contributed by atoms with Crippen LogP contribution in [0.1, 0.15) is 38.5 Å². The van der Waals surface area contributed by atoms with Gasteiger partial charge >= 0.3 is 0 Å². The lowest BCUT2D eigenvalue weighted by Gasteiger charge is -2.25. The molecule has 2 aliphatic rings.